The van der Waals surface area contributed by atoms with E-state index in [4.69, 9.17) is 0 Å². The molecule has 0 aromatic carbocycles. The third kappa shape index (κ3) is 35.4. The van der Waals surface area contributed by atoms with Crippen LogP contribution in [-0.2, 0) is 4.79 Å². The first-order valence-electron chi connectivity index (χ1n) is 17.4. The van der Waals surface area contributed by atoms with E-state index in [1.807, 2.05) is 0 Å². The Kier molecular flexibility index (Phi) is 32.9. The second-order valence-electron chi connectivity index (χ2n) is 12.0. The van der Waals surface area contributed by atoms with Crippen molar-refractivity contribution in [2.24, 2.45) is 0 Å². The molecule has 0 aliphatic rings. The van der Waals surface area contributed by atoms with Crippen LogP contribution in [0.15, 0.2) is 12.2 Å². The molecule has 0 amide bonds. The van der Waals surface area contributed by atoms with Gasteiger partial charge in [0.15, 0.2) is 0 Å². The van der Waals surface area contributed by atoms with Crippen LogP contribution in [-0.4, -0.2) is 5.78 Å². The number of hydrogen-bond acceptors (Lipinski definition) is 1. The smallest absolute Gasteiger partial charge is 0.129 e. The summed E-state index contributed by atoms with van der Waals surface area (Å²) in [5.74, 6) is 0.351. The molecule has 0 saturated heterocycles. The zero-order valence-electron chi connectivity index (χ0n) is 26.0. The second-order valence-corrected chi connectivity index (χ2v) is 12.0. The van der Waals surface area contributed by atoms with Crippen LogP contribution in [0.5, 0.6) is 0 Å². The number of unbranched alkanes of at least 4 members (excludes halogenated alkanes) is 28. The van der Waals surface area contributed by atoms with Crippen LogP contribution < -0.4 is 0 Å². The normalized spacial score (nSPS) is 11.6. The molecule has 0 aliphatic carbocycles. The van der Waals surface area contributed by atoms with Crippen LogP contribution in [0.4, 0.5) is 0 Å². The summed E-state index contributed by atoms with van der Waals surface area (Å²) in [6.45, 7) is 4.00. The average Bonchev–Trinajstić information content (AvgIpc) is 2.89. The lowest BCUT2D eigenvalue weighted by Crippen LogP contribution is -1.89. The Hall–Kier alpha value is -0.590. The van der Waals surface area contributed by atoms with Crippen LogP contribution >= 0.6 is 0 Å². The molecular weight excluding hydrogens is 448 g/mol. The Morgan fingerprint density at radius 2 is 0.622 bits per heavy atom. The van der Waals surface area contributed by atoms with E-state index < -0.39 is 0 Å². The predicted molar refractivity (Wildman–Crippen MR) is 169 cm³/mol. The van der Waals surface area contributed by atoms with Crippen molar-refractivity contribution in [2.75, 3.05) is 0 Å². The van der Waals surface area contributed by atoms with Gasteiger partial charge in [0.25, 0.3) is 0 Å². The molecule has 0 atom stereocenters. The van der Waals surface area contributed by atoms with Crippen molar-refractivity contribution in [3.8, 4) is 0 Å². The number of Topliss-reactive ketones (excluding diaryl/α,β-unsaturated/α-hetero) is 1. The molecule has 0 fully saturated rings. The molecule has 1 heteroatoms. The maximum Gasteiger partial charge on any atom is 0.129 e. The monoisotopic (exact) mass is 519 g/mol. The lowest BCUT2D eigenvalue weighted by molar-refractivity contribution is -0.117. The zero-order valence-corrected chi connectivity index (χ0v) is 26.0. The Morgan fingerprint density at radius 3 is 0.892 bits per heavy atom. The number of carbonyl (C=O) groups is 1. The van der Waals surface area contributed by atoms with Gasteiger partial charge in [0.2, 0.25) is 0 Å². The topological polar surface area (TPSA) is 17.1 Å². The van der Waals surface area contributed by atoms with Crippen molar-refractivity contribution in [1.82, 2.24) is 0 Å². The molecule has 0 bridgehead atoms. The summed E-state index contributed by atoms with van der Waals surface area (Å²) < 4.78 is 0. The van der Waals surface area contributed by atoms with Gasteiger partial charge in [-0.1, -0.05) is 180 Å². The van der Waals surface area contributed by atoms with Crippen LogP contribution in [0.25, 0.3) is 0 Å². The largest absolute Gasteiger partial charge is 0.300 e. The molecule has 0 unspecified atom stereocenters. The van der Waals surface area contributed by atoms with Gasteiger partial charge in [0.05, 0.1) is 0 Å². The summed E-state index contributed by atoms with van der Waals surface area (Å²) in [6.07, 6.45) is 47.9. The minimum absolute atomic E-state index is 0.351. The van der Waals surface area contributed by atoms with Crippen LogP contribution in [0.3, 0.4) is 0 Å². The third-order valence-electron chi connectivity index (χ3n) is 8.04. The molecular formula is C36H70O. The van der Waals surface area contributed by atoms with Crippen molar-refractivity contribution in [3.05, 3.63) is 12.2 Å². The molecule has 0 N–H and O–H groups in total. The highest BCUT2D eigenvalue weighted by molar-refractivity contribution is 5.75. The molecule has 0 heterocycles. The van der Waals surface area contributed by atoms with Crippen LogP contribution in [0.1, 0.15) is 213 Å². The fourth-order valence-corrected chi connectivity index (χ4v) is 5.45. The predicted octanol–water partition coefficient (Wildman–Crippen LogP) is 13.2. The Morgan fingerprint density at radius 1 is 0.378 bits per heavy atom. The maximum absolute atomic E-state index is 10.9. The van der Waals surface area contributed by atoms with Gasteiger partial charge in [-0.3, -0.25) is 0 Å². The van der Waals surface area contributed by atoms with Gasteiger partial charge in [0, 0.05) is 6.42 Å². The second kappa shape index (κ2) is 33.4. The van der Waals surface area contributed by atoms with Crippen molar-refractivity contribution < 1.29 is 4.79 Å². The van der Waals surface area contributed by atoms with Gasteiger partial charge in [0.1, 0.15) is 5.78 Å². The number of hydrogen-bond donors (Lipinski definition) is 0. The molecule has 0 radical (unpaired) electrons. The molecule has 220 valence electrons. The van der Waals surface area contributed by atoms with Crippen molar-refractivity contribution in [1.29, 1.82) is 0 Å². The van der Waals surface area contributed by atoms with Crippen molar-refractivity contribution >= 4 is 5.78 Å². The van der Waals surface area contributed by atoms with Gasteiger partial charge in [-0.05, 0) is 39.0 Å². The van der Waals surface area contributed by atoms with E-state index in [2.05, 4.69) is 19.1 Å². The molecule has 0 aliphatic heterocycles. The van der Waals surface area contributed by atoms with E-state index in [1.54, 1.807) is 6.92 Å². The number of carbonyl (C=O) groups excluding carboxylic acids is 1. The summed E-state index contributed by atoms with van der Waals surface area (Å²) in [5.41, 5.74) is 0. The first kappa shape index (κ1) is 36.4. The lowest BCUT2D eigenvalue weighted by atomic mass is 10.0. The van der Waals surface area contributed by atoms with E-state index in [-0.39, 0.29) is 0 Å². The molecule has 0 saturated carbocycles. The highest BCUT2D eigenvalue weighted by Gasteiger charge is 1.97. The number of ketones is 1. The van der Waals surface area contributed by atoms with Crippen LogP contribution in [0.2, 0.25) is 0 Å². The lowest BCUT2D eigenvalue weighted by Gasteiger charge is -2.04. The fourth-order valence-electron chi connectivity index (χ4n) is 5.45. The molecule has 1 nitrogen and oxygen atoms in total. The Balaban J connectivity index is 3.06. The van der Waals surface area contributed by atoms with E-state index in [0.717, 1.165) is 12.8 Å². The van der Waals surface area contributed by atoms with Crippen molar-refractivity contribution in [3.63, 3.8) is 0 Å². The highest BCUT2D eigenvalue weighted by atomic mass is 16.1. The van der Waals surface area contributed by atoms with Gasteiger partial charge in [-0.2, -0.15) is 0 Å². The summed E-state index contributed by atoms with van der Waals surface area (Å²) in [6, 6.07) is 0. The summed E-state index contributed by atoms with van der Waals surface area (Å²) >= 11 is 0. The van der Waals surface area contributed by atoms with Crippen molar-refractivity contribution in [2.45, 2.75) is 213 Å². The quantitative estimate of drug-likeness (QED) is 0.0639. The van der Waals surface area contributed by atoms with Gasteiger partial charge in [-0.15, -0.1) is 0 Å². The Bertz CT molecular complexity index is 452. The fraction of sp³-hybridized carbons (Fsp3) is 0.917. The zero-order chi connectivity index (χ0) is 26.9. The first-order valence-corrected chi connectivity index (χ1v) is 17.4. The summed E-state index contributed by atoms with van der Waals surface area (Å²) in [4.78, 5) is 10.9. The van der Waals surface area contributed by atoms with Gasteiger partial charge < -0.3 is 4.79 Å². The van der Waals surface area contributed by atoms with Gasteiger partial charge in [-0.25, -0.2) is 0 Å². The minimum atomic E-state index is 0.351. The Labute approximate surface area is 235 Å². The summed E-state index contributed by atoms with van der Waals surface area (Å²) in [5, 5.41) is 0. The molecule has 37 heavy (non-hydrogen) atoms. The number of rotatable bonds is 32. The maximum atomic E-state index is 10.9. The first-order chi connectivity index (χ1) is 18.3. The van der Waals surface area contributed by atoms with E-state index in [0.29, 0.717) is 5.78 Å². The molecule has 0 aromatic heterocycles. The SMILES string of the molecule is CCCCCCCC/C=C\CCCCCCCCCCCCCCCCCCCCCCCCC(C)=O. The van der Waals surface area contributed by atoms with Crippen LogP contribution in [0, 0.1) is 0 Å². The average molecular weight is 519 g/mol. The van der Waals surface area contributed by atoms with Gasteiger partial charge >= 0.3 is 0 Å². The molecule has 0 aromatic rings. The molecule has 0 spiro atoms. The summed E-state index contributed by atoms with van der Waals surface area (Å²) in [7, 11) is 0. The van der Waals surface area contributed by atoms with E-state index in [9.17, 15) is 4.79 Å². The highest BCUT2D eigenvalue weighted by Crippen LogP contribution is 2.16. The third-order valence-corrected chi connectivity index (χ3v) is 8.04. The minimum Gasteiger partial charge on any atom is -0.300 e. The molecule has 0 rings (SSSR count). The van der Waals surface area contributed by atoms with E-state index >= 15 is 0 Å². The number of allylic oxidation sites excluding steroid dienone is 2. The standard InChI is InChI=1S/C36H70O/c1-3-4-5-6-7-8-9-10-11-12-13-14-15-16-17-18-19-20-21-22-23-24-25-26-27-28-29-30-31-32-33-34-35-36(2)37/h10-11H,3-9,12-35H2,1-2H3/b11-10-. The van der Waals surface area contributed by atoms with E-state index in [1.165, 1.54) is 186 Å².